The molecule has 5 rings (SSSR count). The van der Waals surface area contributed by atoms with Crippen LogP contribution in [-0.2, 0) is 0 Å². The van der Waals surface area contributed by atoms with Gasteiger partial charge in [0.2, 0.25) is 0 Å². The number of para-hydroxylation sites is 1. The highest BCUT2D eigenvalue weighted by molar-refractivity contribution is 6.03. The van der Waals surface area contributed by atoms with Gasteiger partial charge in [0.15, 0.2) is 0 Å². The Kier molecular flexibility index (Phi) is 6.02. The lowest BCUT2D eigenvalue weighted by Crippen LogP contribution is -2.05. The zero-order chi connectivity index (χ0) is 26.1. The van der Waals surface area contributed by atoms with Crippen LogP contribution in [0.4, 0.5) is 28.4 Å². The summed E-state index contributed by atoms with van der Waals surface area (Å²) in [7, 11) is 0. The molecule has 0 aliphatic heterocycles. The van der Waals surface area contributed by atoms with Crippen molar-refractivity contribution >= 4 is 56.3 Å². The predicted octanol–water partition coefficient (Wildman–Crippen LogP) is 7.32. The molecule has 0 saturated heterocycles. The number of non-ortho nitro benzene ring substituents is 1. The fraction of sp³-hybridized carbons (Fsp3) is 0.0714. The van der Waals surface area contributed by atoms with E-state index in [1.54, 1.807) is 12.3 Å². The summed E-state index contributed by atoms with van der Waals surface area (Å²) in [4.78, 5) is 31.4. The third-order valence-corrected chi connectivity index (χ3v) is 6.21. The first-order chi connectivity index (χ1) is 17.8. The molecule has 9 heteroatoms. The second-order valence-electron chi connectivity index (χ2n) is 8.61. The molecule has 182 valence electrons. The van der Waals surface area contributed by atoms with Gasteiger partial charge in [0, 0.05) is 40.5 Å². The van der Waals surface area contributed by atoms with Crippen LogP contribution < -0.4 is 5.32 Å². The molecule has 0 amide bonds. The number of aromatic nitrogens is 1. The highest BCUT2D eigenvalue weighted by Crippen LogP contribution is 2.39. The summed E-state index contributed by atoms with van der Waals surface area (Å²) in [5, 5.41) is 29.7. The number of aryl methyl sites for hydroxylation is 2. The molecular weight excluding hydrogens is 470 g/mol. The Balaban J connectivity index is 1.73. The van der Waals surface area contributed by atoms with Crippen LogP contribution in [0.25, 0.3) is 21.7 Å². The first-order valence-corrected chi connectivity index (χ1v) is 11.4. The molecule has 0 aliphatic carbocycles. The van der Waals surface area contributed by atoms with Crippen molar-refractivity contribution in [2.75, 3.05) is 5.32 Å². The minimum atomic E-state index is -0.652. The molecule has 0 fully saturated rings. The van der Waals surface area contributed by atoms with Gasteiger partial charge in [0.05, 0.1) is 27.1 Å². The SMILES string of the molecule is Cc1ccc2cccc(C)c2c1Nc1c(C=Nc2cccc3cccnc23)cc([N+](=O)[O-])cc1[N+](=O)[O-]. The topological polar surface area (TPSA) is 124 Å². The molecule has 0 bridgehead atoms. The Hall–Kier alpha value is -5.18. The highest BCUT2D eigenvalue weighted by Gasteiger charge is 2.25. The molecule has 0 atom stereocenters. The summed E-state index contributed by atoms with van der Waals surface area (Å²) in [5.74, 6) is 0. The van der Waals surface area contributed by atoms with E-state index in [4.69, 9.17) is 0 Å². The van der Waals surface area contributed by atoms with E-state index in [-0.39, 0.29) is 11.3 Å². The van der Waals surface area contributed by atoms with E-state index in [9.17, 15) is 20.2 Å². The maximum atomic E-state index is 12.1. The van der Waals surface area contributed by atoms with Gasteiger partial charge in [0.25, 0.3) is 11.4 Å². The van der Waals surface area contributed by atoms with Crippen LogP contribution in [-0.4, -0.2) is 21.0 Å². The highest BCUT2D eigenvalue weighted by atomic mass is 16.6. The number of nitrogens with zero attached hydrogens (tertiary/aromatic N) is 4. The van der Waals surface area contributed by atoms with Gasteiger partial charge >= 0.3 is 0 Å². The number of aliphatic imine (C=N–C) groups is 1. The number of nitrogens with one attached hydrogen (secondary N) is 1. The maximum Gasteiger partial charge on any atom is 0.300 e. The second-order valence-corrected chi connectivity index (χ2v) is 8.61. The van der Waals surface area contributed by atoms with Crippen molar-refractivity contribution in [3.05, 3.63) is 116 Å². The molecule has 0 radical (unpaired) electrons. The molecule has 1 N–H and O–H groups in total. The summed E-state index contributed by atoms with van der Waals surface area (Å²) in [5.41, 5.74) is 3.24. The summed E-state index contributed by atoms with van der Waals surface area (Å²) >= 11 is 0. The van der Waals surface area contributed by atoms with Crippen molar-refractivity contribution < 1.29 is 9.85 Å². The van der Waals surface area contributed by atoms with E-state index in [2.05, 4.69) is 15.3 Å². The van der Waals surface area contributed by atoms with Crippen LogP contribution in [0.2, 0.25) is 0 Å². The molecular formula is C28H21N5O4. The van der Waals surface area contributed by atoms with Crippen molar-refractivity contribution in [1.82, 2.24) is 4.98 Å². The van der Waals surface area contributed by atoms with E-state index in [0.29, 0.717) is 16.9 Å². The summed E-state index contributed by atoms with van der Waals surface area (Å²) in [6, 6.07) is 21.3. The first-order valence-electron chi connectivity index (χ1n) is 11.4. The van der Waals surface area contributed by atoms with Crippen molar-refractivity contribution in [3.63, 3.8) is 0 Å². The van der Waals surface area contributed by atoms with Crippen molar-refractivity contribution in [1.29, 1.82) is 0 Å². The standard InChI is InChI=1S/C28H21N5O4/c1-17-6-3-7-19-12-11-18(2)26(25(17)19)31-28-21(14-22(32(34)35)15-24(28)33(36)37)16-30-23-10-4-8-20-9-5-13-29-27(20)23/h3-16,31H,1-2H3. The van der Waals surface area contributed by atoms with E-state index in [1.165, 1.54) is 12.3 Å². The van der Waals surface area contributed by atoms with Crippen molar-refractivity contribution in [2.45, 2.75) is 13.8 Å². The Morgan fingerprint density at radius 1 is 0.838 bits per heavy atom. The van der Waals surface area contributed by atoms with Crippen LogP contribution in [0.1, 0.15) is 16.7 Å². The van der Waals surface area contributed by atoms with Crippen LogP contribution >= 0.6 is 0 Å². The molecule has 1 heterocycles. The number of nitro benzene ring substituents is 2. The Labute approximate surface area is 211 Å². The third-order valence-electron chi connectivity index (χ3n) is 6.21. The van der Waals surface area contributed by atoms with Crippen LogP contribution in [0.15, 0.2) is 84.0 Å². The van der Waals surface area contributed by atoms with Gasteiger partial charge in [-0.05, 0) is 42.5 Å². The maximum absolute atomic E-state index is 12.1. The van der Waals surface area contributed by atoms with Gasteiger partial charge in [-0.15, -0.1) is 0 Å². The van der Waals surface area contributed by atoms with E-state index < -0.39 is 21.2 Å². The van der Waals surface area contributed by atoms with Gasteiger partial charge in [-0.3, -0.25) is 30.2 Å². The van der Waals surface area contributed by atoms with Crippen molar-refractivity contribution in [2.24, 2.45) is 4.99 Å². The third kappa shape index (κ3) is 4.45. The van der Waals surface area contributed by atoms with Gasteiger partial charge in [-0.1, -0.05) is 48.5 Å². The van der Waals surface area contributed by atoms with Crippen LogP contribution in [0, 0.1) is 34.1 Å². The molecule has 5 aromatic rings. The minimum absolute atomic E-state index is 0.117. The first kappa shape index (κ1) is 23.6. The average molecular weight is 492 g/mol. The van der Waals surface area contributed by atoms with Crippen LogP contribution in [0.3, 0.4) is 0 Å². The summed E-state index contributed by atoms with van der Waals surface area (Å²) in [6.45, 7) is 3.87. The quantitative estimate of drug-likeness (QED) is 0.151. The van der Waals surface area contributed by atoms with Gasteiger partial charge in [0.1, 0.15) is 5.69 Å². The molecule has 0 aliphatic rings. The number of pyridine rings is 1. The summed E-state index contributed by atoms with van der Waals surface area (Å²) in [6.07, 6.45) is 3.05. The largest absolute Gasteiger partial charge is 0.349 e. The zero-order valence-electron chi connectivity index (χ0n) is 20.0. The number of benzene rings is 4. The van der Waals surface area contributed by atoms with Crippen molar-refractivity contribution in [3.8, 4) is 0 Å². The number of nitro groups is 2. The number of hydrogen-bond donors (Lipinski definition) is 1. The Morgan fingerprint density at radius 2 is 1.59 bits per heavy atom. The number of hydrogen-bond acceptors (Lipinski definition) is 7. The molecule has 4 aromatic carbocycles. The van der Waals surface area contributed by atoms with E-state index in [0.717, 1.165) is 33.4 Å². The zero-order valence-corrected chi connectivity index (χ0v) is 20.0. The lowest BCUT2D eigenvalue weighted by atomic mass is 9.99. The normalized spacial score (nSPS) is 11.3. The smallest absolute Gasteiger partial charge is 0.300 e. The fourth-order valence-electron chi connectivity index (χ4n) is 4.40. The number of rotatable bonds is 6. The summed E-state index contributed by atoms with van der Waals surface area (Å²) < 4.78 is 0. The lowest BCUT2D eigenvalue weighted by molar-refractivity contribution is -0.393. The van der Waals surface area contributed by atoms with E-state index in [1.807, 2.05) is 68.4 Å². The molecule has 1 aromatic heterocycles. The fourth-order valence-corrected chi connectivity index (χ4v) is 4.40. The Morgan fingerprint density at radius 3 is 2.38 bits per heavy atom. The monoisotopic (exact) mass is 491 g/mol. The van der Waals surface area contributed by atoms with Gasteiger partial charge in [-0.2, -0.15) is 0 Å². The molecule has 0 spiro atoms. The minimum Gasteiger partial charge on any atom is -0.349 e. The van der Waals surface area contributed by atoms with E-state index >= 15 is 0 Å². The van der Waals surface area contributed by atoms with Crippen LogP contribution in [0.5, 0.6) is 0 Å². The lowest BCUT2D eigenvalue weighted by Gasteiger charge is -2.16. The molecule has 9 nitrogen and oxygen atoms in total. The van der Waals surface area contributed by atoms with Gasteiger partial charge in [-0.25, -0.2) is 0 Å². The number of fused-ring (bicyclic) bond motifs is 2. The Bertz CT molecular complexity index is 1740. The number of anilines is 2. The molecule has 37 heavy (non-hydrogen) atoms. The average Bonchev–Trinajstić information content (AvgIpc) is 2.89. The molecule has 0 unspecified atom stereocenters. The predicted molar refractivity (Wildman–Crippen MR) is 145 cm³/mol. The second kappa shape index (κ2) is 9.46. The van der Waals surface area contributed by atoms with Gasteiger partial charge < -0.3 is 5.32 Å². The molecule has 0 saturated carbocycles.